The van der Waals surface area contributed by atoms with Crippen LogP contribution >= 0.6 is 0 Å². The maximum Gasteiger partial charge on any atom is 0.251 e. The van der Waals surface area contributed by atoms with Gasteiger partial charge in [-0.05, 0) is 50.8 Å². The molecular formula is C62H99N5O31. The average molecular weight is 1410 g/mol. The Labute approximate surface area is 564 Å². The predicted molar refractivity (Wildman–Crippen MR) is 328 cm³/mol. The first-order valence-electron chi connectivity index (χ1n) is 32.8. The summed E-state index contributed by atoms with van der Waals surface area (Å²) in [6, 6.07) is -2.52. The van der Waals surface area contributed by atoms with Gasteiger partial charge >= 0.3 is 0 Å². The van der Waals surface area contributed by atoms with E-state index in [1.807, 2.05) is 0 Å². The van der Waals surface area contributed by atoms with Gasteiger partial charge in [-0.1, -0.05) is 44.4 Å². The zero-order valence-electron chi connectivity index (χ0n) is 55.2. The molecule has 16 unspecified atom stereocenters. The smallest absolute Gasteiger partial charge is 0.251 e. The molecule has 0 radical (unpaired) electrons. The number of allylic oxidation sites excluding steroid dienone is 2. The van der Waals surface area contributed by atoms with Crippen molar-refractivity contribution in [3.05, 3.63) is 42.0 Å². The van der Waals surface area contributed by atoms with Gasteiger partial charge in [0.15, 0.2) is 37.7 Å². The second-order valence-electron chi connectivity index (χ2n) is 25.1. The van der Waals surface area contributed by atoms with Gasteiger partial charge in [-0.25, -0.2) is 0 Å². The molecule has 6 heterocycles. The summed E-state index contributed by atoms with van der Waals surface area (Å²) in [6.07, 6.45) is -33.6. The number of aliphatic hydroxyl groups excluding tert-OH is 14. The summed E-state index contributed by atoms with van der Waals surface area (Å²) in [5.74, 6) is -3.72. The molecule has 0 saturated carbocycles. The molecule has 19 N–H and O–H groups in total. The molecule has 30 atom stereocenters. The molecule has 7 rings (SSSR count). The van der Waals surface area contributed by atoms with E-state index in [0.29, 0.717) is 18.8 Å². The quantitative estimate of drug-likeness (QED) is 0.0243. The van der Waals surface area contributed by atoms with Crippen molar-refractivity contribution >= 4 is 29.5 Å². The first-order chi connectivity index (χ1) is 46.7. The monoisotopic (exact) mass is 1410 g/mol. The SMILES string of the molecule is CCCCCC/C=C\CCCOc1cccc(C(=O)N[C@@H]2C(O[C@@H]3C(CO)O[C@@H](OC4C(CO)O[C@@H](O[C@@H]5C(CO)OC(OC6C(CO[C@@H]7OC(C)[C@@H](O)[C@@H](O)C7O)OC(O)[C@@H](NC(C)=O)[C@H]6O)C(NC(C)=O)C5O)[C@@H](NC(C)=O)[C@H]4O)C(NC(C)=O)C3O)OC(CO)[C@@H](O)[C@@H]2O)c1. The highest BCUT2D eigenvalue weighted by Gasteiger charge is 2.58. The molecule has 0 aromatic heterocycles. The summed E-state index contributed by atoms with van der Waals surface area (Å²) in [7, 11) is 0. The van der Waals surface area contributed by atoms with Crippen LogP contribution in [0.1, 0.15) is 96.8 Å². The van der Waals surface area contributed by atoms with E-state index in [2.05, 4.69) is 45.7 Å². The van der Waals surface area contributed by atoms with E-state index in [0.717, 1.165) is 53.4 Å². The number of hydrogen-bond donors (Lipinski definition) is 19. The second-order valence-corrected chi connectivity index (χ2v) is 25.1. The van der Waals surface area contributed by atoms with Crippen LogP contribution in [0.3, 0.4) is 0 Å². The fourth-order valence-electron chi connectivity index (χ4n) is 12.4. The van der Waals surface area contributed by atoms with Crippen LogP contribution in [0.2, 0.25) is 0 Å². The van der Waals surface area contributed by atoms with Crippen molar-refractivity contribution in [3.63, 3.8) is 0 Å². The van der Waals surface area contributed by atoms with Crippen molar-refractivity contribution < 1.29 is 152 Å². The van der Waals surface area contributed by atoms with Crippen LogP contribution in [0, 0.1) is 0 Å². The van der Waals surface area contributed by atoms with Crippen molar-refractivity contribution in [2.45, 2.75) is 270 Å². The fraction of sp³-hybridized carbons (Fsp3) is 0.790. The number of ether oxygens (including phenoxy) is 12. The lowest BCUT2D eigenvalue weighted by atomic mass is 9.93. The molecule has 1 aromatic carbocycles. The number of carbonyl (C=O) groups excluding carboxylic acids is 5. The Hall–Kier alpha value is -4.89. The molecule has 36 heteroatoms. The van der Waals surface area contributed by atoms with Crippen molar-refractivity contribution in [1.82, 2.24) is 26.6 Å². The van der Waals surface area contributed by atoms with Crippen molar-refractivity contribution in [2.24, 2.45) is 0 Å². The summed E-state index contributed by atoms with van der Waals surface area (Å²) >= 11 is 0. The van der Waals surface area contributed by atoms with E-state index >= 15 is 0 Å². The second kappa shape index (κ2) is 37.9. The molecule has 98 heavy (non-hydrogen) atoms. The third kappa shape index (κ3) is 20.5. The number of nitrogens with one attached hydrogen (secondary N) is 5. The van der Waals surface area contributed by atoms with Gasteiger partial charge in [0, 0.05) is 33.3 Å². The van der Waals surface area contributed by atoms with Gasteiger partial charge in [-0.3, -0.25) is 24.0 Å². The lowest BCUT2D eigenvalue weighted by Gasteiger charge is -2.51. The minimum atomic E-state index is -2.07. The van der Waals surface area contributed by atoms with Gasteiger partial charge in [0.05, 0.1) is 45.7 Å². The lowest BCUT2D eigenvalue weighted by molar-refractivity contribution is -0.368. The number of rotatable bonds is 31. The highest BCUT2D eigenvalue weighted by molar-refractivity contribution is 5.94. The first kappa shape index (κ1) is 80.4. The minimum absolute atomic E-state index is 0.0454. The number of aliphatic hydroxyl groups is 14. The summed E-state index contributed by atoms with van der Waals surface area (Å²) in [4.78, 5) is 65.0. The van der Waals surface area contributed by atoms with Gasteiger partial charge in [0.25, 0.3) is 5.91 Å². The largest absolute Gasteiger partial charge is 0.494 e. The van der Waals surface area contributed by atoms with Crippen LogP contribution in [-0.4, -0.2) is 325 Å². The van der Waals surface area contributed by atoms with E-state index in [4.69, 9.17) is 56.8 Å². The van der Waals surface area contributed by atoms with Crippen LogP contribution in [0.4, 0.5) is 0 Å². The fourth-order valence-corrected chi connectivity index (χ4v) is 12.4. The van der Waals surface area contributed by atoms with Crippen LogP contribution in [0.5, 0.6) is 5.75 Å². The molecule has 0 aliphatic carbocycles. The van der Waals surface area contributed by atoms with E-state index < -0.39 is 246 Å². The van der Waals surface area contributed by atoms with Crippen molar-refractivity contribution in [2.75, 3.05) is 39.6 Å². The highest BCUT2D eigenvalue weighted by atomic mass is 16.8. The number of unbranched alkanes of at least 4 members (excludes halogenated alkanes) is 5. The van der Waals surface area contributed by atoms with Crippen LogP contribution < -0.4 is 31.3 Å². The molecule has 6 saturated heterocycles. The summed E-state index contributed by atoms with van der Waals surface area (Å²) in [6.45, 7) is 3.29. The number of amides is 5. The first-order valence-corrected chi connectivity index (χ1v) is 32.8. The van der Waals surface area contributed by atoms with E-state index in [1.165, 1.54) is 31.9 Å². The Morgan fingerprint density at radius 2 is 0.878 bits per heavy atom. The van der Waals surface area contributed by atoms with Gasteiger partial charge in [0.1, 0.15) is 146 Å². The molecule has 5 amide bonds. The molecule has 0 spiro atoms. The summed E-state index contributed by atoms with van der Waals surface area (Å²) in [5.41, 5.74) is 0.0454. The highest BCUT2D eigenvalue weighted by Crippen LogP contribution is 2.37. The molecule has 0 bridgehead atoms. The zero-order chi connectivity index (χ0) is 71.8. The van der Waals surface area contributed by atoms with Gasteiger partial charge in [-0.15, -0.1) is 0 Å². The van der Waals surface area contributed by atoms with Crippen LogP contribution in [0.15, 0.2) is 36.4 Å². The summed E-state index contributed by atoms with van der Waals surface area (Å²) < 4.78 is 71.9. The Balaban J connectivity index is 1.07. The van der Waals surface area contributed by atoms with Crippen LogP contribution in [-0.2, 0) is 71.3 Å². The maximum absolute atomic E-state index is 13.9. The number of hydrogen-bond acceptors (Lipinski definition) is 31. The zero-order valence-corrected chi connectivity index (χ0v) is 55.2. The standard InChI is InChI=1S/C62H99N5O31/c1-7-8-9-10-11-12-13-14-15-19-87-32-18-16-17-31(20-32)56(85)67-39-45(78)44(77)33(21-68)91-58(39)95-52-34(22-69)92-59(40(47(52)80)64-28(4)73)96-53-35(23-70)93-60(41(48(53)81)65-29(5)74)97-54-36(24-71)94-61(42(49(54)82)66-30(6)75)98-55-37(90-57(86)38(46(55)79)63-27(3)72)25-88-62-51(84)50(83)43(76)26(2)89-62/h12-13,16-18,20,26,33-55,57-62,68-71,76-84,86H,7-11,14-15,19,21-25H2,1-6H3,(H,63,72)(H,64,73)(H,65,74)(H,66,75)(H,67,85)/b13-12-/t26?,33?,34?,35?,36?,37?,38-,39-,40?,41-,42?,43+,44+,45+,46+,47?,48+,49?,50+,51?,52+,53?,54+,55?,57?,58?,59-,60-,61?,62+/m0/s1. The Bertz CT molecular complexity index is 2710. The molecule has 36 nitrogen and oxygen atoms in total. The van der Waals surface area contributed by atoms with E-state index in [-0.39, 0.29) is 5.56 Å². The molecule has 6 fully saturated rings. The molecule has 6 aliphatic heterocycles. The Morgan fingerprint density at radius 3 is 1.34 bits per heavy atom. The third-order valence-electron chi connectivity index (χ3n) is 17.6. The number of benzene rings is 1. The molecule has 1 aromatic rings. The maximum atomic E-state index is 13.9. The lowest BCUT2D eigenvalue weighted by Crippen LogP contribution is -2.72. The minimum Gasteiger partial charge on any atom is -0.494 e. The van der Waals surface area contributed by atoms with E-state index in [1.54, 1.807) is 12.1 Å². The average Bonchev–Trinajstić information content (AvgIpc) is 0.772. The predicted octanol–water partition coefficient (Wildman–Crippen LogP) is -7.37. The normalized spacial score (nSPS) is 39.9. The Morgan fingerprint density at radius 1 is 0.449 bits per heavy atom. The van der Waals surface area contributed by atoms with Crippen LogP contribution in [0.25, 0.3) is 0 Å². The van der Waals surface area contributed by atoms with E-state index in [9.17, 15) is 95.5 Å². The van der Waals surface area contributed by atoms with Crippen molar-refractivity contribution in [3.8, 4) is 5.75 Å². The van der Waals surface area contributed by atoms with Gasteiger partial charge < -0.3 is 155 Å². The molecular weight excluding hydrogens is 1310 g/mol. The van der Waals surface area contributed by atoms with Crippen molar-refractivity contribution in [1.29, 1.82) is 0 Å². The summed E-state index contributed by atoms with van der Waals surface area (Å²) in [5, 5.41) is 168. The van der Waals surface area contributed by atoms with Gasteiger partial charge in [-0.2, -0.15) is 0 Å². The Kier molecular flexibility index (Phi) is 31.1. The van der Waals surface area contributed by atoms with Gasteiger partial charge in [0.2, 0.25) is 23.6 Å². The number of carbonyl (C=O) groups is 5. The molecule has 558 valence electrons. The molecule has 6 aliphatic rings. The topological polar surface area (TPSA) is 539 Å². The third-order valence-corrected chi connectivity index (χ3v) is 17.6.